The van der Waals surface area contributed by atoms with Gasteiger partial charge in [-0.1, -0.05) is 0 Å². The molecule has 2 N–H and O–H groups in total. The minimum atomic E-state index is 0.194. The molecule has 0 spiro atoms. The second-order valence-electron chi connectivity index (χ2n) is 3.56. The molecule has 0 amide bonds. The van der Waals surface area contributed by atoms with Crippen LogP contribution in [-0.2, 0) is 4.79 Å². The third kappa shape index (κ3) is 2.26. The number of hydrogen-bond acceptors (Lipinski definition) is 3. The van der Waals surface area contributed by atoms with E-state index in [1.165, 1.54) is 0 Å². The van der Waals surface area contributed by atoms with Crippen LogP contribution in [0.1, 0.15) is 24.8 Å². The van der Waals surface area contributed by atoms with Crippen LogP contribution in [0.5, 0.6) is 0 Å². The van der Waals surface area contributed by atoms with Crippen LogP contribution in [0.3, 0.4) is 0 Å². The third-order valence-electron chi connectivity index (χ3n) is 2.42. The van der Waals surface area contributed by atoms with Gasteiger partial charge in [0.2, 0.25) is 0 Å². The van der Waals surface area contributed by atoms with Gasteiger partial charge in [0.15, 0.2) is 5.78 Å². The third-order valence-corrected chi connectivity index (χ3v) is 3.03. The number of aromatic nitrogens is 1. The van der Waals surface area contributed by atoms with Crippen molar-refractivity contribution >= 4 is 33.1 Å². The molecular formula is C11H11BrN2O. The number of pyridine rings is 1. The lowest BCUT2D eigenvalue weighted by atomic mass is 9.94. The summed E-state index contributed by atoms with van der Waals surface area (Å²) in [4.78, 5) is 15.4. The smallest absolute Gasteiger partial charge is 0.155 e. The summed E-state index contributed by atoms with van der Waals surface area (Å²) in [5.41, 5.74) is 7.57. The second kappa shape index (κ2) is 4.14. The Morgan fingerprint density at radius 3 is 2.80 bits per heavy atom. The number of nitrogen functional groups attached to an aromatic ring is 1. The Morgan fingerprint density at radius 2 is 2.13 bits per heavy atom. The van der Waals surface area contributed by atoms with Crippen molar-refractivity contribution in [1.82, 2.24) is 4.98 Å². The average Bonchev–Trinajstić information content (AvgIpc) is 2.17. The fraction of sp³-hybridized carbons (Fsp3) is 0.273. The molecule has 1 aromatic heterocycles. The molecule has 0 saturated carbocycles. The van der Waals surface area contributed by atoms with E-state index in [1.54, 1.807) is 12.1 Å². The minimum Gasteiger partial charge on any atom is -0.384 e. The first-order valence-corrected chi connectivity index (χ1v) is 5.62. The first kappa shape index (κ1) is 10.4. The number of hydrogen-bond donors (Lipinski definition) is 1. The van der Waals surface area contributed by atoms with Crippen LogP contribution < -0.4 is 5.73 Å². The fourth-order valence-electron chi connectivity index (χ4n) is 1.69. The standard InChI is InChI=1S/C11H11BrN2O/c12-11-9(4-5-10(13)14-11)7-2-1-3-8(15)6-7/h4-6H,1-3H2,(H2,13,14). The molecule has 0 aliphatic heterocycles. The van der Waals surface area contributed by atoms with E-state index in [1.807, 2.05) is 6.07 Å². The van der Waals surface area contributed by atoms with E-state index >= 15 is 0 Å². The van der Waals surface area contributed by atoms with Gasteiger partial charge in [0.05, 0.1) is 0 Å². The van der Waals surface area contributed by atoms with Gasteiger partial charge in [-0.05, 0) is 52.6 Å². The van der Waals surface area contributed by atoms with Gasteiger partial charge in [0, 0.05) is 12.0 Å². The topological polar surface area (TPSA) is 56.0 Å². The van der Waals surface area contributed by atoms with Gasteiger partial charge in [0.25, 0.3) is 0 Å². The van der Waals surface area contributed by atoms with E-state index in [-0.39, 0.29) is 5.78 Å². The summed E-state index contributed by atoms with van der Waals surface area (Å²) < 4.78 is 0.712. The van der Waals surface area contributed by atoms with Gasteiger partial charge in [0.1, 0.15) is 10.4 Å². The van der Waals surface area contributed by atoms with Crippen molar-refractivity contribution in [2.75, 3.05) is 5.73 Å². The lowest BCUT2D eigenvalue weighted by Gasteiger charge is -2.13. The Labute approximate surface area is 96.5 Å². The molecule has 0 fully saturated rings. The summed E-state index contributed by atoms with van der Waals surface area (Å²) >= 11 is 3.36. The molecule has 0 atom stereocenters. The van der Waals surface area contributed by atoms with Crippen molar-refractivity contribution in [2.24, 2.45) is 0 Å². The fourth-order valence-corrected chi connectivity index (χ4v) is 2.28. The summed E-state index contributed by atoms with van der Waals surface area (Å²) in [5.74, 6) is 0.674. The second-order valence-corrected chi connectivity index (χ2v) is 4.32. The molecule has 1 aliphatic rings. The highest BCUT2D eigenvalue weighted by Gasteiger charge is 2.14. The van der Waals surface area contributed by atoms with Crippen LogP contribution in [0.25, 0.3) is 5.57 Å². The summed E-state index contributed by atoms with van der Waals surface area (Å²) in [6.45, 7) is 0. The number of ketones is 1. The molecule has 2 rings (SSSR count). The molecule has 0 aromatic carbocycles. The Balaban J connectivity index is 2.41. The monoisotopic (exact) mass is 266 g/mol. The number of nitrogens with two attached hydrogens (primary N) is 1. The largest absolute Gasteiger partial charge is 0.384 e. The van der Waals surface area contributed by atoms with E-state index < -0.39 is 0 Å². The predicted octanol–water partition coefficient (Wildman–Crippen LogP) is 2.56. The van der Waals surface area contributed by atoms with E-state index in [9.17, 15) is 4.79 Å². The van der Waals surface area contributed by atoms with Crippen LogP contribution in [0.2, 0.25) is 0 Å². The summed E-state index contributed by atoms with van der Waals surface area (Å²) in [6.07, 6.45) is 4.21. The van der Waals surface area contributed by atoms with Crippen LogP contribution in [0, 0.1) is 0 Å². The van der Waals surface area contributed by atoms with Gasteiger partial charge in [-0.25, -0.2) is 4.98 Å². The van der Waals surface area contributed by atoms with Crippen LogP contribution >= 0.6 is 15.9 Å². The van der Waals surface area contributed by atoms with Crippen molar-refractivity contribution in [2.45, 2.75) is 19.3 Å². The molecule has 3 nitrogen and oxygen atoms in total. The number of nitrogens with zero attached hydrogens (tertiary/aromatic N) is 1. The SMILES string of the molecule is Nc1ccc(C2=CC(=O)CCC2)c(Br)n1. The van der Waals surface area contributed by atoms with Gasteiger partial charge in [-0.3, -0.25) is 4.79 Å². The Kier molecular flexibility index (Phi) is 2.86. The minimum absolute atomic E-state index is 0.194. The molecule has 0 bridgehead atoms. The van der Waals surface area contributed by atoms with Crippen molar-refractivity contribution in [1.29, 1.82) is 0 Å². The lowest BCUT2D eigenvalue weighted by Crippen LogP contribution is -2.03. The Hall–Kier alpha value is -1.16. The maximum absolute atomic E-state index is 11.3. The van der Waals surface area contributed by atoms with E-state index in [0.29, 0.717) is 16.8 Å². The van der Waals surface area contributed by atoms with Gasteiger partial charge < -0.3 is 5.73 Å². The highest BCUT2D eigenvalue weighted by atomic mass is 79.9. The van der Waals surface area contributed by atoms with E-state index in [0.717, 1.165) is 24.0 Å². The van der Waals surface area contributed by atoms with Gasteiger partial charge in [-0.15, -0.1) is 0 Å². The highest BCUT2D eigenvalue weighted by Crippen LogP contribution is 2.30. The van der Waals surface area contributed by atoms with Crippen LogP contribution in [0.15, 0.2) is 22.8 Å². The van der Waals surface area contributed by atoms with E-state index in [2.05, 4.69) is 20.9 Å². The molecule has 1 heterocycles. The molecule has 1 aliphatic carbocycles. The number of carbonyl (C=O) groups excluding carboxylic acids is 1. The molecular weight excluding hydrogens is 256 g/mol. The summed E-state index contributed by atoms with van der Waals surface area (Å²) in [6, 6.07) is 3.65. The lowest BCUT2D eigenvalue weighted by molar-refractivity contribution is -0.114. The predicted molar refractivity (Wildman–Crippen MR) is 63.2 cm³/mol. The number of allylic oxidation sites excluding steroid dienone is 2. The average molecular weight is 267 g/mol. The quantitative estimate of drug-likeness (QED) is 0.795. The molecule has 0 radical (unpaired) electrons. The van der Waals surface area contributed by atoms with Crippen LogP contribution in [-0.4, -0.2) is 10.8 Å². The first-order valence-electron chi connectivity index (χ1n) is 4.82. The van der Waals surface area contributed by atoms with Gasteiger partial charge >= 0.3 is 0 Å². The summed E-state index contributed by atoms with van der Waals surface area (Å²) in [7, 11) is 0. The zero-order valence-electron chi connectivity index (χ0n) is 8.16. The van der Waals surface area contributed by atoms with Crippen molar-refractivity contribution in [3.05, 3.63) is 28.4 Å². The number of anilines is 1. The number of rotatable bonds is 1. The van der Waals surface area contributed by atoms with Crippen molar-refractivity contribution in [3.8, 4) is 0 Å². The molecule has 4 heteroatoms. The van der Waals surface area contributed by atoms with Gasteiger partial charge in [-0.2, -0.15) is 0 Å². The Morgan fingerprint density at radius 1 is 1.33 bits per heavy atom. The number of halogens is 1. The zero-order chi connectivity index (χ0) is 10.8. The molecule has 15 heavy (non-hydrogen) atoms. The Bertz CT molecular complexity index is 440. The normalized spacial score (nSPS) is 16.3. The zero-order valence-corrected chi connectivity index (χ0v) is 9.75. The summed E-state index contributed by atoms with van der Waals surface area (Å²) in [5, 5.41) is 0. The molecule has 1 aromatic rings. The van der Waals surface area contributed by atoms with E-state index in [4.69, 9.17) is 5.73 Å². The first-order chi connectivity index (χ1) is 7.16. The van der Waals surface area contributed by atoms with Crippen molar-refractivity contribution < 1.29 is 4.79 Å². The highest BCUT2D eigenvalue weighted by molar-refractivity contribution is 9.10. The van der Waals surface area contributed by atoms with Crippen LogP contribution in [0.4, 0.5) is 5.82 Å². The molecule has 78 valence electrons. The molecule has 0 saturated heterocycles. The maximum Gasteiger partial charge on any atom is 0.155 e. The van der Waals surface area contributed by atoms with Crippen molar-refractivity contribution in [3.63, 3.8) is 0 Å². The maximum atomic E-state index is 11.3. The number of carbonyl (C=O) groups is 1. The molecule has 0 unspecified atom stereocenters.